The molecule has 3 aromatic rings. The maximum Gasteiger partial charge on any atom is 0.254 e. The van der Waals surface area contributed by atoms with E-state index in [1.807, 2.05) is 11.9 Å². The molecule has 3 aromatic heterocycles. The molecule has 1 amide bonds. The second-order valence-corrected chi connectivity index (χ2v) is 7.06. The molecule has 3 heterocycles. The number of carbonyl (C=O) groups is 1. The number of nitrogens with two attached hydrogens (primary N) is 1. The third kappa shape index (κ3) is 3.03. The number of pyridine rings is 1. The highest BCUT2D eigenvalue weighted by atomic mass is 35.5. The normalized spacial score (nSPS) is 15.5. The second-order valence-electron chi connectivity index (χ2n) is 6.69. The van der Waals surface area contributed by atoms with Crippen LogP contribution in [-0.2, 0) is 0 Å². The Morgan fingerprint density at radius 2 is 2.08 bits per heavy atom. The van der Waals surface area contributed by atoms with Gasteiger partial charge in [0.25, 0.3) is 5.91 Å². The number of nitrogens with zero attached hydrogens (tertiary/aromatic N) is 4. The minimum atomic E-state index is -0.0447. The minimum absolute atomic E-state index is 0.0447. The quantitative estimate of drug-likeness (QED) is 0.757. The van der Waals surface area contributed by atoms with Crippen molar-refractivity contribution in [3.8, 4) is 11.6 Å². The molecule has 0 aromatic carbocycles. The lowest BCUT2D eigenvalue weighted by molar-refractivity contribution is 0.0696. The minimum Gasteiger partial charge on any atom is -0.441 e. The van der Waals surface area contributed by atoms with Crippen molar-refractivity contribution in [3.05, 3.63) is 35.0 Å². The van der Waals surface area contributed by atoms with Gasteiger partial charge in [0.15, 0.2) is 16.6 Å². The third-order valence-electron chi connectivity index (χ3n) is 4.95. The summed E-state index contributed by atoms with van der Waals surface area (Å²) in [6.07, 6.45) is 5.69. The number of rotatable bonds is 3. The van der Waals surface area contributed by atoms with Crippen LogP contribution in [0.5, 0.6) is 0 Å². The van der Waals surface area contributed by atoms with Crippen LogP contribution in [0.25, 0.3) is 17.2 Å². The summed E-state index contributed by atoms with van der Waals surface area (Å²) in [7, 11) is 1.86. The Hall–Kier alpha value is -2.54. The first kappa shape index (κ1) is 16.9. The van der Waals surface area contributed by atoms with Gasteiger partial charge in [0, 0.05) is 18.7 Å². The fourth-order valence-electron chi connectivity index (χ4n) is 3.51. The Morgan fingerprint density at radius 1 is 1.31 bits per heavy atom. The Labute approximate surface area is 155 Å². The molecule has 1 saturated carbocycles. The lowest BCUT2D eigenvalue weighted by Gasteiger charge is -2.31. The van der Waals surface area contributed by atoms with Crippen LogP contribution in [0.2, 0.25) is 5.22 Å². The van der Waals surface area contributed by atoms with Gasteiger partial charge >= 0.3 is 0 Å². The van der Waals surface area contributed by atoms with E-state index in [2.05, 4.69) is 10.1 Å². The van der Waals surface area contributed by atoms with E-state index in [9.17, 15) is 4.79 Å². The molecule has 0 bridgehead atoms. The molecule has 4 rings (SSSR count). The number of halogens is 1. The average molecular weight is 374 g/mol. The van der Waals surface area contributed by atoms with Crippen LogP contribution < -0.4 is 5.73 Å². The molecule has 26 heavy (non-hydrogen) atoms. The van der Waals surface area contributed by atoms with Crippen LogP contribution in [0, 0.1) is 0 Å². The van der Waals surface area contributed by atoms with Gasteiger partial charge < -0.3 is 15.1 Å². The maximum atomic E-state index is 12.9. The predicted molar refractivity (Wildman–Crippen MR) is 99.1 cm³/mol. The molecule has 0 atom stereocenters. The van der Waals surface area contributed by atoms with Crippen molar-refractivity contribution < 1.29 is 9.21 Å². The number of amides is 1. The summed E-state index contributed by atoms with van der Waals surface area (Å²) in [5.74, 6) is 1.12. The summed E-state index contributed by atoms with van der Waals surface area (Å²) in [5.41, 5.74) is 7.11. The Bertz CT molecular complexity index is 958. The number of fused-ring (bicyclic) bond motifs is 1. The van der Waals surface area contributed by atoms with E-state index in [0.717, 1.165) is 12.8 Å². The maximum absolute atomic E-state index is 12.9. The van der Waals surface area contributed by atoms with E-state index >= 15 is 0 Å². The highest BCUT2D eigenvalue weighted by molar-refractivity contribution is 6.28. The SMILES string of the molecule is CN(C(=O)c1cc(N)n2nc(-c3ccc(Cl)o3)nc2c1)C1CCCCC1. The van der Waals surface area contributed by atoms with Crippen LogP contribution >= 0.6 is 11.6 Å². The van der Waals surface area contributed by atoms with Gasteiger partial charge in [-0.2, -0.15) is 4.52 Å². The van der Waals surface area contributed by atoms with E-state index in [1.54, 1.807) is 24.3 Å². The molecule has 0 spiro atoms. The molecule has 1 fully saturated rings. The summed E-state index contributed by atoms with van der Waals surface area (Å²) >= 11 is 5.81. The van der Waals surface area contributed by atoms with Crippen LogP contribution in [0.4, 0.5) is 5.82 Å². The fraction of sp³-hybridized carbons (Fsp3) is 0.389. The number of hydrogen-bond acceptors (Lipinski definition) is 5. The van der Waals surface area contributed by atoms with Gasteiger partial charge in [-0.1, -0.05) is 19.3 Å². The summed E-state index contributed by atoms with van der Waals surface area (Å²) in [6, 6.07) is 6.95. The third-order valence-corrected chi connectivity index (χ3v) is 5.15. The molecule has 1 aliphatic carbocycles. The van der Waals surface area contributed by atoms with Crippen molar-refractivity contribution >= 4 is 29.0 Å². The first-order valence-corrected chi connectivity index (χ1v) is 9.10. The molecule has 7 nitrogen and oxygen atoms in total. The summed E-state index contributed by atoms with van der Waals surface area (Å²) in [5, 5.41) is 4.60. The molecule has 0 aliphatic heterocycles. The molecule has 8 heteroatoms. The van der Waals surface area contributed by atoms with Crippen molar-refractivity contribution in [2.24, 2.45) is 0 Å². The largest absolute Gasteiger partial charge is 0.441 e. The Balaban J connectivity index is 1.66. The Kier molecular flexibility index (Phi) is 4.32. The zero-order chi connectivity index (χ0) is 18.3. The van der Waals surface area contributed by atoms with Crippen LogP contribution in [0.3, 0.4) is 0 Å². The van der Waals surface area contributed by atoms with Crippen LogP contribution in [-0.4, -0.2) is 38.5 Å². The number of anilines is 1. The van der Waals surface area contributed by atoms with Gasteiger partial charge in [-0.05, 0) is 48.7 Å². The van der Waals surface area contributed by atoms with E-state index in [-0.39, 0.29) is 17.2 Å². The monoisotopic (exact) mass is 373 g/mol. The van der Waals surface area contributed by atoms with E-state index < -0.39 is 0 Å². The van der Waals surface area contributed by atoms with Gasteiger partial charge in [0.2, 0.25) is 5.82 Å². The van der Waals surface area contributed by atoms with Gasteiger partial charge in [-0.25, -0.2) is 4.98 Å². The van der Waals surface area contributed by atoms with Crippen LogP contribution in [0.1, 0.15) is 42.5 Å². The molecule has 0 unspecified atom stereocenters. The molecule has 1 aliphatic rings. The summed E-state index contributed by atoms with van der Waals surface area (Å²) < 4.78 is 6.83. The molecule has 0 radical (unpaired) electrons. The molecular weight excluding hydrogens is 354 g/mol. The fourth-order valence-corrected chi connectivity index (χ4v) is 3.66. The van der Waals surface area contributed by atoms with Gasteiger partial charge in [0.1, 0.15) is 5.82 Å². The van der Waals surface area contributed by atoms with Gasteiger partial charge in [0.05, 0.1) is 0 Å². The lowest BCUT2D eigenvalue weighted by Crippen LogP contribution is -2.38. The average Bonchev–Trinajstić information content (AvgIpc) is 3.27. The predicted octanol–water partition coefficient (Wildman–Crippen LogP) is 3.63. The summed E-state index contributed by atoms with van der Waals surface area (Å²) in [4.78, 5) is 19.1. The van der Waals surface area contributed by atoms with Crippen molar-refractivity contribution in [2.75, 3.05) is 12.8 Å². The van der Waals surface area contributed by atoms with Crippen molar-refractivity contribution in [1.82, 2.24) is 19.5 Å². The first-order valence-electron chi connectivity index (χ1n) is 8.72. The lowest BCUT2D eigenvalue weighted by atomic mass is 9.94. The standard InChI is InChI=1S/C18H20ClN5O2/c1-23(12-5-3-2-4-6-12)18(25)11-9-15(20)24-16(10-11)21-17(22-24)13-7-8-14(19)26-13/h7-10,12H,2-6,20H2,1H3. The Morgan fingerprint density at radius 3 is 2.77 bits per heavy atom. The molecule has 136 valence electrons. The number of nitrogen functional groups attached to an aromatic ring is 1. The van der Waals surface area contributed by atoms with E-state index in [0.29, 0.717) is 28.6 Å². The van der Waals surface area contributed by atoms with Crippen LogP contribution in [0.15, 0.2) is 28.7 Å². The van der Waals surface area contributed by atoms with Gasteiger partial charge in [-0.3, -0.25) is 4.79 Å². The zero-order valence-electron chi connectivity index (χ0n) is 14.5. The smallest absolute Gasteiger partial charge is 0.254 e. The highest BCUT2D eigenvalue weighted by Gasteiger charge is 2.24. The molecular formula is C18H20ClN5O2. The summed E-state index contributed by atoms with van der Waals surface area (Å²) in [6.45, 7) is 0. The molecule has 2 N–H and O–H groups in total. The number of hydrogen-bond donors (Lipinski definition) is 1. The van der Waals surface area contributed by atoms with E-state index in [1.165, 1.54) is 23.8 Å². The molecule has 0 saturated heterocycles. The first-order chi connectivity index (χ1) is 12.5. The number of carbonyl (C=O) groups excluding carboxylic acids is 1. The number of furan rings is 1. The number of aromatic nitrogens is 3. The van der Waals surface area contributed by atoms with Crippen molar-refractivity contribution in [2.45, 2.75) is 38.1 Å². The second kappa shape index (κ2) is 6.64. The van der Waals surface area contributed by atoms with Crippen molar-refractivity contribution in [3.63, 3.8) is 0 Å². The van der Waals surface area contributed by atoms with E-state index in [4.69, 9.17) is 21.8 Å². The highest BCUT2D eigenvalue weighted by Crippen LogP contribution is 2.26. The zero-order valence-corrected chi connectivity index (χ0v) is 15.2. The van der Waals surface area contributed by atoms with Crippen molar-refractivity contribution in [1.29, 1.82) is 0 Å². The van der Waals surface area contributed by atoms with Gasteiger partial charge in [-0.15, -0.1) is 5.10 Å². The topological polar surface area (TPSA) is 89.7 Å².